The highest BCUT2D eigenvalue weighted by Crippen LogP contribution is 2.32. The minimum atomic E-state index is -1.00. The van der Waals surface area contributed by atoms with Crippen LogP contribution in [0.2, 0.25) is 0 Å². The van der Waals surface area contributed by atoms with Gasteiger partial charge in [0.1, 0.15) is 5.82 Å². The highest BCUT2D eigenvalue weighted by Gasteiger charge is 2.30. The highest BCUT2D eigenvalue weighted by atomic mass is 32.1. The van der Waals surface area contributed by atoms with E-state index in [4.69, 9.17) is 0 Å². The van der Waals surface area contributed by atoms with E-state index in [1.807, 2.05) is 36.9 Å². The van der Waals surface area contributed by atoms with Gasteiger partial charge in [-0.05, 0) is 26.0 Å². The molecule has 1 N–H and O–H groups in total. The Labute approximate surface area is 93.0 Å². The molecular weight excluding hydrogens is 208 g/mol. The van der Waals surface area contributed by atoms with Gasteiger partial charge in [-0.25, -0.2) is 4.98 Å². The zero-order valence-electron chi connectivity index (χ0n) is 9.06. The molecule has 0 saturated carbocycles. The molecule has 1 atom stereocenters. The molecule has 2 aromatic heterocycles. The molecule has 0 bridgehead atoms. The fraction of sp³-hybridized carbons (Fsp3) is 0.364. The summed E-state index contributed by atoms with van der Waals surface area (Å²) in [5, 5.41) is 10.5. The summed E-state index contributed by atoms with van der Waals surface area (Å²) in [6.45, 7) is 3.81. The normalized spacial score (nSPS) is 15.2. The molecule has 2 heterocycles. The fourth-order valence-electron chi connectivity index (χ4n) is 1.64. The molecule has 0 aliphatic rings. The highest BCUT2D eigenvalue weighted by molar-refractivity contribution is 7.12. The third-order valence-corrected chi connectivity index (χ3v) is 3.69. The monoisotopic (exact) mass is 222 g/mol. The van der Waals surface area contributed by atoms with E-state index in [1.165, 1.54) is 4.88 Å². The Kier molecular flexibility index (Phi) is 2.40. The number of hydrogen-bond donors (Lipinski definition) is 1. The van der Waals surface area contributed by atoms with Gasteiger partial charge < -0.3 is 9.67 Å². The Balaban J connectivity index is 2.47. The SMILES string of the molecule is Cc1ccc(C(C)(O)c2nccn2C)s1. The van der Waals surface area contributed by atoms with Crippen LogP contribution in [0.25, 0.3) is 0 Å². The first-order valence-corrected chi connectivity index (χ1v) is 5.60. The van der Waals surface area contributed by atoms with E-state index in [0.29, 0.717) is 5.82 Å². The van der Waals surface area contributed by atoms with Crippen LogP contribution in [0.3, 0.4) is 0 Å². The standard InChI is InChI=1S/C11H14N2OS/c1-8-4-5-9(15-8)11(2,14)10-12-6-7-13(10)3/h4-7,14H,1-3H3. The van der Waals surface area contributed by atoms with E-state index in [-0.39, 0.29) is 0 Å². The lowest BCUT2D eigenvalue weighted by Gasteiger charge is -2.21. The summed E-state index contributed by atoms with van der Waals surface area (Å²) >= 11 is 1.60. The van der Waals surface area contributed by atoms with Crippen LogP contribution in [-0.4, -0.2) is 14.7 Å². The quantitative estimate of drug-likeness (QED) is 0.844. The molecule has 0 aliphatic heterocycles. The Morgan fingerprint density at radius 1 is 1.47 bits per heavy atom. The fourth-order valence-corrected chi connectivity index (χ4v) is 2.55. The topological polar surface area (TPSA) is 38.1 Å². The summed E-state index contributed by atoms with van der Waals surface area (Å²) in [5.74, 6) is 0.671. The van der Waals surface area contributed by atoms with Crippen LogP contribution < -0.4 is 0 Å². The minimum Gasteiger partial charge on any atom is -0.377 e. The molecule has 0 fully saturated rings. The molecule has 0 amide bonds. The molecule has 2 rings (SSSR count). The molecule has 0 spiro atoms. The van der Waals surface area contributed by atoms with Crippen molar-refractivity contribution in [3.63, 3.8) is 0 Å². The second kappa shape index (κ2) is 3.47. The van der Waals surface area contributed by atoms with E-state index in [1.54, 1.807) is 24.5 Å². The summed E-state index contributed by atoms with van der Waals surface area (Å²) in [4.78, 5) is 6.31. The van der Waals surface area contributed by atoms with Crippen molar-refractivity contribution in [3.05, 3.63) is 40.1 Å². The summed E-state index contributed by atoms with van der Waals surface area (Å²) < 4.78 is 1.84. The first-order valence-electron chi connectivity index (χ1n) is 4.79. The number of rotatable bonds is 2. The summed E-state index contributed by atoms with van der Waals surface area (Å²) in [5.41, 5.74) is -1.00. The molecule has 1 unspecified atom stereocenters. The summed E-state index contributed by atoms with van der Waals surface area (Å²) in [6.07, 6.45) is 3.54. The number of imidazole rings is 1. The smallest absolute Gasteiger partial charge is 0.153 e. The predicted octanol–water partition coefficient (Wildman–Crippen LogP) is 2.05. The molecule has 0 aromatic carbocycles. The van der Waals surface area contributed by atoms with Crippen molar-refractivity contribution in [1.82, 2.24) is 9.55 Å². The van der Waals surface area contributed by atoms with Crippen molar-refractivity contribution < 1.29 is 5.11 Å². The maximum atomic E-state index is 10.5. The number of nitrogens with zero attached hydrogens (tertiary/aromatic N) is 2. The minimum absolute atomic E-state index is 0.671. The van der Waals surface area contributed by atoms with Gasteiger partial charge in [-0.3, -0.25) is 0 Å². The third kappa shape index (κ3) is 1.70. The van der Waals surface area contributed by atoms with E-state index in [0.717, 1.165) is 4.88 Å². The zero-order chi connectivity index (χ0) is 11.1. The average Bonchev–Trinajstić information content (AvgIpc) is 2.74. The van der Waals surface area contributed by atoms with Crippen LogP contribution >= 0.6 is 11.3 Å². The molecule has 15 heavy (non-hydrogen) atoms. The van der Waals surface area contributed by atoms with Gasteiger partial charge >= 0.3 is 0 Å². The van der Waals surface area contributed by atoms with Crippen molar-refractivity contribution in [2.24, 2.45) is 7.05 Å². The third-order valence-electron chi connectivity index (χ3n) is 2.48. The predicted molar refractivity (Wildman–Crippen MR) is 60.9 cm³/mol. The van der Waals surface area contributed by atoms with E-state index in [9.17, 15) is 5.11 Å². The van der Waals surface area contributed by atoms with Gasteiger partial charge in [0.05, 0.1) is 0 Å². The Morgan fingerprint density at radius 2 is 2.20 bits per heavy atom. The number of thiophene rings is 1. The van der Waals surface area contributed by atoms with Gasteiger partial charge in [0, 0.05) is 29.2 Å². The maximum absolute atomic E-state index is 10.5. The van der Waals surface area contributed by atoms with Gasteiger partial charge in [-0.15, -0.1) is 11.3 Å². The largest absolute Gasteiger partial charge is 0.377 e. The molecular formula is C11H14N2OS. The number of hydrogen-bond acceptors (Lipinski definition) is 3. The van der Waals surface area contributed by atoms with Gasteiger partial charge in [-0.2, -0.15) is 0 Å². The molecule has 0 saturated heterocycles. The van der Waals surface area contributed by atoms with E-state index in [2.05, 4.69) is 4.98 Å². The van der Waals surface area contributed by atoms with Crippen molar-refractivity contribution in [1.29, 1.82) is 0 Å². The summed E-state index contributed by atoms with van der Waals surface area (Å²) in [6, 6.07) is 3.96. The second-order valence-electron chi connectivity index (χ2n) is 3.84. The zero-order valence-corrected chi connectivity index (χ0v) is 9.88. The molecule has 4 heteroatoms. The van der Waals surface area contributed by atoms with Crippen LogP contribution in [0.1, 0.15) is 22.5 Å². The van der Waals surface area contributed by atoms with Gasteiger partial charge in [0.2, 0.25) is 0 Å². The van der Waals surface area contributed by atoms with E-state index < -0.39 is 5.60 Å². The molecule has 80 valence electrons. The van der Waals surface area contributed by atoms with Crippen LogP contribution in [0.5, 0.6) is 0 Å². The maximum Gasteiger partial charge on any atom is 0.153 e. The molecule has 0 radical (unpaired) electrons. The Bertz CT molecular complexity index is 470. The van der Waals surface area contributed by atoms with Gasteiger partial charge in [-0.1, -0.05) is 0 Å². The number of aromatic nitrogens is 2. The first kappa shape index (κ1) is 10.4. The van der Waals surface area contributed by atoms with Crippen LogP contribution in [0.15, 0.2) is 24.5 Å². The molecule has 0 aliphatic carbocycles. The van der Waals surface area contributed by atoms with Crippen LogP contribution in [0.4, 0.5) is 0 Å². The lowest BCUT2D eigenvalue weighted by Crippen LogP contribution is -2.25. The Hall–Kier alpha value is -1.13. The van der Waals surface area contributed by atoms with Gasteiger partial charge in [0.25, 0.3) is 0 Å². The second-order valence-corrected chi connectivity index (χ2v) is 5.13. The summed E-state index contributed by atoms with van der Waals surface area (Å²) in [7, 11) is 1.89. The van der Waals surface area contributed by atoms with Crippen molar-refractivity contribution in [3.8, 4) is 0 Å². The van der Waals surface area contributed by atoms with Crippen molar-refractivity contribution >= 4 is 11.3 Å². The van der Waals surface area contributed by atoms with Crippen molar-refractivity contribution in [2.45, 2.75) is 19.4 Å². The molecule has 3 nitrogen and oxygen atoms in total. The van der Waals surface area contributed by atoms with Crippen molar-refractivity contribution in [2.75, 3.05) is 0 Å². The Morgan fingerprint density at radius 3 is 2.67 bits per heavy atom. The van der Waals surface area contributed by atoms with Crippen LogP contribution in [0, 0.1) is 6.92 Å². The lowest BCUT2D eigenvalue weighted by molar-refractivity contribution is 0.0930. The lowest BCUT2D eigenvalue weighted by atomic mass is 10.0. The van der Waals surface area contributed by atoms with E-state index >= 15 is 0 Å². The van der Waals surface area contributed by atoms with Gasteiger partial charge in [0.15, 0.2) is 5.60 Å². The molecule has 2 aromatic rings. The average molecular weight is 222 g/mol. The van der Waals surface area contributed by atoms with Crippen LogP contribution in [-0.2, 0) is 12.6 Å². The first-order chi connectivity index (χ1) is 7.01. The number of aryl methyl sites for hydroxylation is 2. The number of aliphatic hydroxyl groups is 1.